The number of nitro groups is 3. The van der Waals surface area contributed by atoms with Crippen LogP contribution >= 0.6 is 75.6 Å². The number of nitrogens with two attached hydrogens (primary N) is 2. The second-order valence-corrected chi connectivity index (χ2v) is 10.8. The fourth-order valence-corrected chi connectivity index (χ4v) is 3.45. The van der Waals surface area contributed by atoms with Crippen LogP contribution in [0.5, 0.6) is 0 Å². The zero-order chi connectivity index (χ0) is 31.9. The van der Waals surface area contributed by atoms with Gasteiger partial charge in [0.1, 0.15) is 22.7 Å². The number of nitro benzene ring substituents is 3. The molecule has 0 saturated carbocycles. The van der Waals surface area contributed by atoms with E-state index in [0.717, 1.165) is 3.57 Å². The number of ether oxygens (including phenoxy) is 1. The van der Waals surface area contributed by atoms with Gasteiger partial charge in [-0.05, 0) is 105 Å². The lowest BCUT2D eigenvalue weighted by molar-refractivity contribution is -0.384. The van der Waals surface area contributed by atoms with Gasteiger partial charge in [-0.25, -0.2) is 4.79 Å². The fourth-order valence-electron chi connectivity index (χ4n) is 2.50. The number of anilines is 3. The Morgan fingerprint density at radius 3 is 1.63 bits per heavy atom. The Bertz CT molecular complexity index is 1380. The molecule has 0 heterocycles. The first-order valence-corrected chi connectivity index (χ1v) is 15.7. The van der Waals surface area contributed by atoms with Crippen LogP contribution in [0.4, 0.5) is 38.9 Å². The maximum Gasteiger partial charge on any atom is 0.412 e. The molecule has 3 aromatic rings. The number of nitrogens with one attached hydrogen (secondary N) is 1. The standard InChI is InChI=1S/C11H13IN2O4.C6H5IN2O2.C6H6N2O2.ClI/c1-11(2,3)18-10(15)13-8-5-4-7(12)6-9(8)14(16)17;7-4-1-2-5(8)6(3-4)9(10)11;7-5-3-1-2-4-6(5)8(9)10;1-2/h4-6H,1-3H3,(H,13,15);1-3H,8H2;1-4H,7H2;. The highest BCUT2D eigenvalue weighted by Gasteiger charge is 2.20. The van der Waals surface area contributed by atoms with Crippen LogP contribution in [0.25, 0.3) is 0 Å². The third-order valence-electron chi connectivity index (χ3n) is 4.11. The molecule has 222 valence electrons. The predicted molar refractivity (Wildman–Crippen MR) is 183 cm³/mol. The van der Waals surface area contributed by atoms with Crippen molar-refractivity contribution in [3.63, 3.8) is 0 Å². The number of hydrogen-bond acceptors (Lipinski definition) is 10. The van der Waals surface area contributed by atoms with Crippen molar-refractivity contribution >= 4 is 116 Å². The van der Waals surface area contributed by atoms with Gasteiger partial charge in [-0.1, -0.05) is 12.1 Å². The molecule has 0 fully saturated rings. The number of carbonyl (C=O) groups excluding carboxylic acids is 1. The van der Waals surface area contributed by atoms with Gasteiger partial charge in [0.05, 0.1) is 14.8 Å². The summed E-state index contributed by atoms with van der Waals surface area (Å²) in [5.41, 5.74) is 10.3. The van der Waals surface area contributed by atoms with Crippen molar-refractivity contribution in [2.45, 2.75) is 26.4 Å². The molecule has 3 rings (SSSR count). The zero-order valence-corrected chi connectivity index (χ0v) is 28.8. The Balaban J connectivity index is 0.000000599. The molecule has 0 unspecified atom stereocenters. The molecular formula is C23H24ClI3N6O8. The maximum atomic E-state index is 11.5. The number of nitrogens with zero attached hydrogens (tertiary/aromatic N) is 3. The number of carbonyl (C=O) groups is 1. The molecule has 41 heavy (non-hydrogen) atoms. The van der Waals surface area contributed by atoms with Crippen LogP contribution in [0.15, 0.2) is 60.7 Å². The minimum absolute atomic E-state index is 0.0306. The van der Waals surface area contributed by atoms with Gasteiger partial charge in [0.25, 0.3) is 17.1 Å². The Hall–Kier alpha value is -2.79. The molecular weight excluding hydrogens is 904 g/mol. The van der Waals surface area contributed by atoms with E-state index in [1.807, 2.05) is 45.2 Å². The highest BCUT2D eigenvalue weighted by molar-refractivity contribution is 14.1. The summed E-state index contributed by atoms with van der Waals surface area (Å²) < 4.78 is 6.56. The molecule has 3 aromatic carbocycles. The topological polar surface area (TPSA) is 220 Å². The average Bonchev–Trinajstić information content (AvgIpc) is 2.87. The number of rotatable bonds is 4. The summed E-state index contributed by atoms with van der Waals surface area (Å²) >= 11 is 5.58. The number of amides is 1. The first kappa shape index (κ1) is 38.2. The lowest BCUT2D eigenvalue weighted by Crippen LogP contribution is -2.27. The summed E-state index contributed by atoms with van der Waals surface area (Å²) in [6.45, 7) is 5.15. The molecule has 0 atom stereocenters. The Morgan fingerprint density at radius 2 is 1.22 bits per heavy atom. The van der Waals surface area contributed by atoms with Crippen LogP contribution in [-0.4, -0.2) is 26.5 Å². The van der Waals surface area contributed by atoms with Crippen molar-refractivity contribution in [1.82, 2.24) is 0 Å². The Labute approximate surface area is 279 Å². The molecule has 0 bridgehead atoms. The van der Waals surface area contributed by atoms with E-state index in [9.17, 15) is 35.1 Å². The molecule has 0 aliphatic rings. The molecule has 0 saturated heterocycles. The van der Waals surface area contributed by atoms with Gasteiger partial charge >= 0.3 is 6.09 Å². The summed E-state index contributed by atoms with van der Waals surface area (Å²) in [4.78, 5) is 41.3. The summed E-state index contributed by atoms with van der Waals surface area (Å²) in [6, 6.07) is 15.3. The van der Waals surface area contributed by atoms with E-state index in [-0.39, 0.29) is 34.1 Å². The Kier molecular flexibility index (Phi) is 17.3. The summed E-state index contributed by atoms with van der Waals surface area (Å²) in [6.07, 6.45) is -0.716. The van der Waals surface area contributed by atoms with E-state index in [4.69, 9.17) is 16.2 Å². The van der Waals surface area contributed by atoms with Crippen molar-refractivity contribution in [2.24, 2.45) is 0 Å². The first-order valence-electron chi connectivity index (χ1n) is 10.8. The number of hydrogen-bond donors (Lipinski definition) is 3. The van der Waals surface area contributed by atoms with Crippen LogP contribution in [0, 0.1) is 37.5 Å². The van der Waals surface area contributed by atoms with Gasteiger partial charge in [-0.2, -0.15) is 0 Å². The maximum absolute atomic E-state index is 11.5. The smallest absolute Gasteiger partial charge is 0.412 e. The normalized spacial score (nSPS) is 9.73. The van der Waals surface area contributed by atoms with Gasteiger partial charge in [0.15, 0.2) is 0 Å². The molecule has 1 amide bonds. The van der Waals surface area contributed by atoms with E-state index in [1.54, 1.807) is 66.5 Å². The molecule has 18 heteroatoms. The minimum Gasteiger partial charge on any atom is -0.444 e. The van der Waals surface area contributed by atoms with Crippen LogP contribution in [0.1, 0.15) is 20.8 Å². The molecule has 0 aliphatic heterocycles. The number of benzene rings is 3. The van der Waals surface area contributed by atoms with E-state index in [0.29, 0.717) is 3.57 Å². The number of para-hydroxylation sites is 2. The zero-order valence-electron chi connectivity index (χ0n) is 21.5. The van der Waals surface area contributed by atoms with Crippen LogP contribution < -0.4 is 16.8 Å². The number of halogens is 4. The molecule has 0 aromatic heterocycles. The highest BCUT2D eigenvalue weighted by atomic mass is 127. The van der Waals surface area contributed by atoms with E-state index >= 15 is 0 Å². The quantitative estimate of drug-likeness (QED) is 0.0988. The third-order valence-corrected chi connectivity index (χ3v) is 5.46. The second kappa shape index (κ2) is 18.6. The van der Waals surface area contributed by atoms with Gasteiger partial charge < -0.3 is 16.2 Å². The van der Waals surface area contributed by atoms with Gasteiger partial charge in [-0.3, -0.25) is 35.7 Å². The highest BCUT2D eigenvalue weighted by Crippen LogP contribution is 2.27. The van der Waals surface area contributed by atoms with E-state index in [2.05, 4.69) is 14.2 Å². The van der Waals surface area contributed by atoms with Crippen LogP contribution in [0.2, 0.25) is 0 Å². The molecule has 0 radical (unpaired) electrons. The molecule has 0 aliphatic carbocycles. The Morgan fingerprint density at radius 1 is 0.780 bits per heavy atom. The molecule has 0 spiro atoms. The fraction of sp³-hybridized carbons (Fsp3) is 0.174. The minimum atomic E-state index is -0.716. The lowest BCUT2D eigenvalue weighted by atomic mass is 10.2. The van der Waals surface area contributed by atoms with Crippen molar-refractivity contribution in [3.8, 4) is 0 Å². The molecule has 5 N–H and O–H groups in total. The largest absolute Gasteiger partial charge is 0.444 e. The number of nitrogen functional groups attached to an aromatic ring is 2. The van der Waals surface area contributed by atoms with Gasteiger partial charge in [0.2, 0.25) is 0 Å². The van der Waals surface area contributed by atoms with E-state index < -0.39 is 26.5 Å². The van der Waals surface area contributed by atoms with E-state index in [1.165, 1.54) is 36.4 Å². The summed E-state index contributed by atoms with van der Waals surface area (Å²) in [5, 5.41) is 33.7. The summed E-state index contributed by atoms with van der Waals surface area (Å²) in [5.74, 6) is 0. The average molecular weight is 929 g/mol. The van der Waals surface area contributed by atoms with Gasteiger partial charge in [-0.15, -0.1) is 0 Å². The second-order valence-electron chi connectivity index (χ2n) is 8.32. The van der Waals surface area contributed by atoms with Crippen LogP contribution in [0.3, 0.4) is 0 Å². The third kappa shape index (κ3) is 15.1. The van der Waals surface area contributed by atoms with Crippen molar-refractivity contribution in [1.29, 1.82) is 0 Å². The summed E-state index contributed by atoms with van der Waals surface area (Å²) in [7, 11) is 4.61. The van der Waals surface area contributed by atoms with Crippen molar-refractivity contribution in [2.75, 3.05) is 16.8 Å². The molecule has 14 nitrogen and oxygen atoms in total. The van der Waals surface area contributed by atoms with Crippen LogP contribution in [-0.2, 0) is 4.74 Å². The SMILES string of the molecule is CC(C)(C)OC(=O)Nc1ccc(I)cc1[N+](=O)[O-].ClI.Nc1ccc(I)cc1[N+](=O)[O-].Nc1ccccc1[N+](=O)[O-]. The first-order chi connectivity index (χ1) is 19.0. The predicted octanol–water partition coefficient (Wildman–Crippen LogP) is 8.08. The van der Waals surface area contributed by atoms with Crippen molar-refractivity contribution < 1.29 is 24.3 Å². The lowest BCUT2D eigenvalue weighted by Gasteiger charge is -2.19. The monoisotopic (exact) mass is 928 g/mol. The van der Waals surface area contributed by atoms with Gasteiger partial charge in [0, 0.05) is 46.8 Å². The van der Waals surface area contributed by atoms with Crippen molar-refractivity contribution in [3.05, 3.63) is 98.1 Å².